The molecule has 0 amide bonds. The lowest BCUT2D eigenvalue weighted by Gasteiger charge is -2.16. The molecule has 0 bridgehead atoms. The van der Waals surface area contributed by atoms with Crippen LogP contribution in [0, 0.1) is 6.92 Å². The number of carbonyl (C=O) groups is 2. The second kappa shape index (κ2) is 6.67. The number of rotatable bonds is 6. The van der Waals surface area contributed by atoms with Crippen molar-refractivity contribution in [1.29, 1.82) is 0 Å². The summed E-state index contributed by atoms with van der Waals surface area (Å²) >= 11 is 0. The van der Waals surface area contributed by atoms with Crippen LogP contribution in [0.4, 0.5) is 5.95 Å². The minimum absolute atomic E-state index is 0.00145. The molecule has 1 rings (SSSR count). The topological polar surface area (TPSA) is 92.6 Å². The molecule has 0 fully saturated rings. The van der Waals surface area contributed by atoms with Gasteiger partial charge in [-0.05, 0) is 13.8 Å². The molecule has 0 saturated carbocycles. The first-order chi connectivity index (χ1) is 8.95. The average Bonchev–Trinajstić information content (AvgIpc) is 2.35. The Hall–Kier alpha value is -2.18. The van der Waals surface area contributed by atoms with Gasteiger partial charge in [-0.2, -0.15) is 0 Å². The fourth-order valence-electron chi connectivity index (χ4n) is 1.41. The van der Waals surface area contributed by atoms with E-state index in [9.17, 15) is 9.59 Å². The molecule has 0 spiro atoms. The van der Waals surface area contributed by atoms with E-state index in [0.717, 1.165) is 0 Å². The molecule has 104 valence electrons. The molecule has 0 atom stereocenters. The van der Waals surface area contributed by atoms with E-state index < -0.39 is 11.9 Å². The number of aromatic nitrogens is 2. The highest BCUT2D eigenvalue weighted by atomic mass is 16.5. The zero-order valence-corrected chi connectivity index (χ0v) is 11.2. The second-order valence-electron chi connectivity index (χ2n) is 3.95. The van der Waals surface area contributed by atoms with Crippen LogP contribution in [-0.4, -0.2) is 47.2 Å². The largest absolute Gasteiger partial charge is 0.481 e. The van der Waals surface area contributed by atoms with Crippen LogP contribution in [0.3, 0.4) is 0 Å². The first-order valence-corrected chi connectivity index (χ1v) is 5.89. The van der Waals surface area contributed by atoms with Gasteiger partial charge in [0.25, 0.3) is 0 Å². The van der Waals surface area contributed by atoms with E-state index in [-0.39, 0.29) is 6.42 Å². The quantitative estimate of drug-likeness (QED) is 0.764. The summed E-state index contributed by atoms with van der Waals surface area (Å²) in [6.45, 7) is 4.00. The highest BCUT2D eigenvalue weighted by Gasteiger charge is 2.14. The minimum atomic E-state index is -0.883. The van der Waals surface area contributed by atoms with Gasteiger partial charge in [0, 0.05) is 19.8 Å². The molecular formula is C12H17N3O4. The van der Waals surface area contributed by atoms with Gasteiger partial charge in [0.2, 0.25) is 5.95 Å². The van der Waals surface area contributed by atoms with Gasteiger partial charge in [-0.25, -0.2) is 14.8 Å². The van der Waals surface area contributed by atoms with E-state index in [4.69, 9.17) is 9.84 Å². The molecule has 1 aromatic rings. The van der Waals surface area contributed by atoms with E-state index >= 15 is 0 Å². The highest BCUT2D eigenvalue weighted by molar-refractivity contribution is 5.90. The molecule has 1 aromatic heterocycles. The van der Waals surface area contributed by atoms with E-state index in [2.05, 4.69) is 9.97 Å². The molecular weight excluding hydrogens is 250 g/mol. The number of nitrogens with zero attached hydrogens (tertiary/aromatic N) is 3. The molecule has 7 heteroatoms. The molecule has 0 aliphatic heterocycles. The molecule has 7 nitrogen and oxygen atoms in total. The zero-order chi connectivity index (χ0) is 14.4. The van der Waals surface area contributed by atoms with Crippen LogP contribution in [-0.2, 0) is 9.53 Å². The van der Waals surface area contributed by atoms with Crippen molar-refractivity contribution in [3.05, 3.63) is 17.5 Å². The monoisotopic (exact) mass is 267 g/mol. The summed E-state index contributed by atoms with van der Waals surface area (Å²) in [5, 5.41) is 8.61. The summed E-state index contributed by atoms with van der Waals surface area (Å²) in [7, 11) is 1.70. The third-order valence-electron chi connectivity index (χ3n) is 2.46. The molecule has 0 aromatic carbocycles. The Morgan fingerprint density at radius 3 is 2.68 bits per heavy atom. The molecule has 0 aliphatic carbocycles. The highest BCUT2D eigenvalue weighted by Crippen LogP contribution is 2.11. The molecule has 0 unspecified atom stereocenters. The van der Waals surface area contributed by atoms with Gasteiger partial charge in [-0.1, -0.05) is 0 Å². The lowest BCUT2D eigenvalue weighted by atomic mass is 10.2. The van der Waals surface area contributed by atoms with Gasteiger partial charge in [-0.3, -0.25) is 4.79 Å². The maximum atomic E-state index is 11.6. The molecule has 0 saturated heterocycles. The van der Waals surface area contributed by atoms with E-state index in [1.807, 2.05) is 0 Å². The normalized spacial score (nSPS) is 10.1. The van der Waals surface area contributed by atoms with Crippen LogP contribution >= 0.6 is 0 Å². The summed E-state index contributed by atoms with van der Waals surface area (Å²) in [6, 6.07) is 0. The minimum Gasteiger partial charge on any atom is -0.481 e. The van der Waals surface area contributed by atoms with Crippen LogP contribution in [0.15, 0.2) is 6.20 Å². The molecule has 0 aliphatic rings. The van der Waals surface area contributed by atoms with E-state index in [1.165, 1.54) is 6.20 Å². The van der Waals surface area contributed by atoms with Crippen molar-refractivity contribution in [2.75, 3.05) is 25.1 Å². The predicted octanol–water partition coefficient (Wildman–Crippen LogP) is 0.873. The number of anilines is 1. The summed E-state index contributed by atoms with van der Waals surface area (Å²) < 4.78 is 4.88. The Labute approximate surface area is 111 Å². The standard InChI is InChI=1S/C12H17N3O4/c1-4-19-11(18)9-7-13-12(14-8(9)2)15(3)6-5-10(16)17/h7H,4-6H2,1-3H3,(H,16,17). The van der Waals surface area contributed by atoms with Crippen molar-refractivity contribution in [3.63, 3.8) is 0 Å². The fraction of sp³-hybridized carbons (Fsp3) is 0.500. The first kappa shape index (κ1) is 14.9. The molecule has 1 heterocycles. The van der Waals surface area contributed by atoms with Gasteiger partial charge in [0.05, 0.1) is 24.3 Å². The summed E-state index contributed by atoms with van der Waals surface area (Å²) in [5.41, 5.74) is 0.822. The zero-order valence-electron chi connectivity index (χ0n) is 11.2. The maximum Gasteiger partial charge on any atom is 0.341 e. The smallest absolute Gasteiger partial charge is 0.341 e. The van der Waals surface area contributed by atoms with Crippen LogP contribution in [0.25, 0.3) is 0 Å². The Morgan fingerprint density at radius 2 is 2.16 bits per heavy atom. The second-order valence-corrected chi connectivity index (χ2v) is 3.95. The van der Waals surface area contributed by atoms with Crippen molar-refractivity contribution in [2.45, 2.75) is 20.3 Å². The van der Waals surface area contributed by atoms with E-state index in [0.29, 0.717) is 30.4 Å². The number of carboxylic acids is 1. The van der Waals surface area contributed by atoms with E-state index in [1.54, 1.807) is 25.8 Å². The Bertz CT molecular complexity index is 476. The number of aryl methyl sites for hydroxylation is 1. The van der Waals surface area contributed by atoms with Gasteiger partial charge in [0.15, 0.2) is 0 Å². The van der Waals surface area contributed by atoms with Crippen molar-refractivity contribution < 1.29 is 19.4 Å². The summed E-state index contributed by atoms with van der Waals surface area (Å²) in [5.74, 6) is -0.960. The van der Waals surface area contributed by atoms with Crippen molar-refractivity contribution in [2.24, 2.45) is 0 Å². The van der Waals surface area contributed by atoms with Gasteiger partial charge >= 0.3 is 11.9 Å². The number of carboxylic acid groups (broad SMARTS) is 1. The number of aliphatic carboxylic acids is 1. The summed E-state index contributed by atoms with van der Waals surface area (Å²) in [6.07, 6.45) is 1.39. The lowest BCUT2D eigenvalue weighted by Crippen LogP contribution is -2.24. The number of hydrogen-bond acceptors (Lipinski definition) is 6. The Balaban J connectivity index is 2.81. The number of ether oxygens (including phenoxy) is 1. The summed E-state index contributed by atoms with van der Waals surface area (Å²) in [4.78, 5) is 31.9. The van der Waals surface area contributed by atoms with Gasteiger partial charge in [-0.15, -0.1) is 0 Å². The predicted molar refractivity (Wildman–Crippen MR) is 68.2 cm³/mol. The van der Waals surface area contributed by atoms with Crippen LogP contribution < -0.4 is 4.90 Å². The average molecular weight is 267 g/mol. The Morgan fingerprint density at radius 1 is 1.47 bits per heavy atom. The van der Waals surface area contributed by atoms with Crippen molar-refractivity contribution in [1.82, 2.24) is 9.97 Å². The number of carbonyl (C=O) groups excluding carboxylic acids is 1. The molecule has 19 heavy (non-hydrogen) atoms. The Kier molecular flexibility index (Phi) is 5.23. The van der Waals surface area contributed by atoms with Gasteiger partial charge in [0.1, 0.15) is 0 Å². The van der Waals surface area contributed by atoms with Crippen molar-refractivity contribution >= 4 is 17.9 Å². The van der Waals surface area contributed by atoms with Crippen LogP contribution in [0.2, 0.25) is 0 Å². The molecule has 1 N–H and O–H groups in total. The van der Waals surface area contributed by atoms with Crippen LogP contribution in [0.1, 0.15) is 29.4 Å². The van der Waals surface area contributed by atoms with Crippen molar-refractivity contribution in [3.8, 4) is 0 Å². The third-order valence-corrected chi connectivity index (χ3v) is 2.46. The fourth-order valence-corrected chi connectivity index (χ4v) is 1.41. The molecule has 0 radical (unpaired) electrons. The number of hydrogen-bond donors (Lipinski definition) is 1. The number of esters is 1. The third kappa shape index (κ3) is 4.20. The maximum absolute atomic E-state index is 11.6. The SMILES string of the molecule is CCOC(=O)c1cnc(N(C)CCC(=O)O)nc1C. The lowest BCUT2D eigenvalue weighted by molar-refractivity contribution is -0.136. The van der Waals surface area contributed by atoms with Crippen LogP contribution in [0.5, 0.6) is 0 Å². The van der Waals surface area contributed by atoms with Gasteiger partial charge < -0.3 is 14.7 Å². The first-order valence-electron chi connectivity index (χ1n) is 5.89.